The first-order valence-electron chi connectivity index (χ1n) is 11.0. The summed E-state index contributed by atoms with van der Waals surface area (Å²) in [7, 11) is 4.06. The number of ether oxygens (including phenoxy) is 1. The van der Waals surface area contributed by atoms with E-state index in [1.165, 1.54) is 0 Å². The highest BCUT2D eigenvalue weighted by molar-refractivity contribution is 5.78. The van der Waals surface area contributed by atoms with Crippen LogP contribution in [0.15, 0.2) is 48.5 Å². The molecule has 2 aromatic heterocycles. The summed E-state index contributed by atoms with van der Waals surface area (Å²) < 4.78 is 7.78. The molecule has 2 aromatic carbocycles. The Kier molecular flexibility index (Phi) is 6.25. The van der Waals surface area contributed by atoms with E-state index in [-0.39, 0.29) is 0 Å². The first-order valence-corrected chi connectivity index (χ1v) is 11.0. The van der Waals surface area contributed by atoms with Gasteiger partial charge in [0.2, 0.25) is 0 Å². The molecule has 0 saturated carbocycles. The summed E-state index contributed by atoms with van der Waals surface area (Å²) >= 11 is 0. The summed E-state index contributed by atoms with van der Waals surface area (Å²) in [5.74, 6) is 3.03. The van der Waals surface area contributed by atoms with E-state index in [2.05, 4.69) is 41.4 Å². The Balaban J connectivity index is 1.87. The molecule has 0 fully saturated rings. The number of aromatic nitrogens is 4. The van der Waals surface area contributed by atoms with Gasteiger partial charge in [0.05, 0.1) is 17.9 Å². The smallest absolute Gasteiger partial charge is 0.185 e. The number of hydrogen-bond acceptors (Lipinski definition) is 6. The van der Waals surface area contributed by atoms with Crippen molar-refractivity contribution in [1.29, 1.82) is 0 Å². The molecule has 0 aliphatic carbocycles. The Labute approximate surface area is 189 Å². The minimum absolute atomic E-state index is 0.577. The maximum atomic E-state index is 5.85. The van der Waals surface area contributed by atoms with Crippen molar-refractivity contribution in [2.45, 2.75) is 33.6 Å². The molecule has 0 amide bonds. The molecule has 0 bridgehead atoms. The van der Waals surface area contributed by atoms with Crippen molar-refractivity contribution in [2.24, 2.45) is 0 Å². The number of hydrogen-bond donors (Lipinski definition) is 1. The Morgan fingerprint density at radius 1 is 1.00 bits per heavy atom. The van der Waals surface area contributed by atoms with E-state index >= 15 is 0 Å². The van der Waals surface area contributed by atoms with E-state index in [1.807, 2.05) is 56.7 Å². The van der Waals surface area contributed by atoms with Crippen molar-refractivity contribution in [3.8, 4) is 17.1 Å². The topological polar surface area (TPSA) is 67.6 Å². The molecule has 0 saturated heterocycles. The van der Waals surface area contributed by atoms with E-state index in [9.17, 15) is 0 Å². The Hall–Kier alpha value is -3.61. The molecule has 0 aliphatic heterocycles. The Morgan fingerprint density at radius 3 is 2.44 bits per heavy atom. The van der Waals surface area contributed by atoms with E-state index in [0.29, 0.717) is 12.4 Å². The Bertz CT molecular complexity index is 1210. The lowest BCUT2D eigenvalue weighted by Crippen LogP contribution is -2.09. The van der Waals surface area contributed by atoms with Gasteiger partial charge in [0.25, 0.3) is 0 Å². The van der Waals surface area contributed by atoms with Crippen LogP contribution in [0, 0.1) is 6.92 Å². The van der Waals surface area contributed by atoms with E-state index in [4.69, 9.17) is 19.8 Å². The van der Waals surface area contributed by atoms with Gasteiger partial charge in [-0.3, -0.25) is 0 Å². The van der Waals surface area contributed by atoms with Crippen LogP contribution < -0.4 is 15.0 Å². The van der Waals surface area contributed by atoms with Gasteiger partial charge < -0.3 is 15.0 Å². The summed E-state index contributed by atoms with van der Waals surface area (Å²) in [6.45, 7) is 6.71. The van der Waals surface area contributed by atoms with Crippen molar-refractivity contribution >= 4 is 22.7 Å². The van der Waals surface area contributed by atoms with Crippen LogP contribution in [0.1, 0.15) is 31.8 Å². The van der Waals surface area contributed by atoms with Crippen LogP contribution in [0.3, 0.4) is 0 Å². The minimum atomic E-state index is 0.577. The lowest BCUT2D eigenvalue weighted by atomic mass is 10.2. The predicted octanol–water partition coefficient (Wildman–Crippen LogP) is 5.26. The number of nitrogens with one attached hydrogen (secondary N) is 1. The summed E-state index contributed by atoms with van der Waals surface area (Å²) in [6, 6.07) is 16.2. The molecule has 0 unspecified atom stereocenters. The van der Waals surface area contributed by atoms with Crippen LogP contribution in [0.4, 0.5) is 17.2 Å². The second kappa shape index (κ2) is 9.26. The normalized spacial score (nSPS) is 11.0. The highest BCUT2D eigenvalue weighted by atomic mass is 16.5. The number of benzene rings is 2. The molecule has 0 atom stereocenters. The summed E-state index contributed by atoms with van der Waals surface area (Å²) in [5.41, 5.74) is 4.75. The second-order valence-corrected chi connectivity index (χ2v) is 7.90. The van der Waals surface area contributed by atoms with E-state index in [0.717, 1.165) is 58.4 Å². The van der Waals surface area contributed by atoms with Crippen molar-refractivity contribution in [3.63, 3.8) is 0 Å². The van der Waals surface area contributed by atoms with Gasteiger partial charge in [-0.25, -0.2) is 14.5 Å². The maximum absolute atomic E-state index is 5.85. The number of anilines is 3. The van der Waals surface area contributed by atoms with Crippen LogP contribution in [0.25, 0.3) is 16.9 Å². The third kappa shape index (κ3) is 4.23. The number of imidazole rings is 1. The fourth-order valence-corrected chi connectivity index (χ4v) is 3.73. The molecule has 32 heavy (non-hydrogen) atoms. The maximum Gasteiger partial charge on any atom is 0.185 e. The third-order valence-corrected chi connectivity index (χ3v) is 5.28. The fraction of sp³-hybridized carbons (Fsp3) is 0.320. The number of aryl methyl sites for hydroxylation is 2. The molecule has 0 radical (unpaired) electrons. The van der Waals surface area contributed by atoms with E-state index < -0.39 is 0 Å². The summed E-state index contributed by atoms with van der Waals surface area (Å²) in [6.07, 6.45) is 1.83. The highest BCUT2D eigenvalue weighted by Crippen LogP contribution is 2.31. The molecule has 2 heterocycles. The molecular weight excluding hydrogens is 400 g/mol. The zero-order valence-corrected chi connectivity index (χ0v) is 19.4. The summed E-state index contributed by atoms with van der Waals surface area (Å²) in [4.78, 5) is 11.8. The van der Waals surface area contributed by atoms with Crippen LogP contribution in [0.2, 0.25) is 0 Å². The van der Waals surface area contributed by atoms with Crippen molar-refractivity contribution in [1.82, 2.24) is 19.6 Å². The van der Waals surface area contributed by atoms with Gasteiger partial charge in [-0.15, -0.1) is 5.10 Å². The molecule has 4 rings (SSSR count). The number of fused-ring (bicyclic) bond motifs is 1. The minimum Gasteiger partial charge on any atom is -0.493 e. The highest BCUT2D eigenvalue weighted by Gasteiger charge is 2.19. The van der Waals surface area contributed by atoms with Gasteiger partial charge >= 0.3 is 0 Å². The zero-order chi connectivity index (χ0) is 22.7. The quantitative estimate of drug-likeness (QED) is 0.411. The number of para-hydroxylation sites is 1. The van der Waals surface area contributed by atoms with Crippen LogP contribution in [-0.4, -0.2) is 40.3 Å². The number of rotatable bonds is 8. The van der Waals surface area contributed by atoms with Gasteiger partial charge in [0.15, 0.2) is 11.6 Å². The monoisotopic (exact) mass is 430 g/mol. The van der Waals surface area contributed by atoms with Gasteiger partial charge in [0, 0.05) is 31.9 Å². The molecular formula is C25H30N6O. The summed E-state index contributed by atoms with van der Waals surface area (Å²) in [5, 5.41) is 8.38. The molecule has 7 heteroatoms. The lowest BCUT2D eigenvalue weighted by molar-refractivity contribution is 0.341. The van der Waals surface area contributed by atoms with Gasteiger partial charge in [-0.05, 0) is 56.7 Å². The zero-order valence-electron chi connectivity index (χ0n) is 19.4. The van der Waals surface area contributed by atoms with Gasteiger partial charge in [-0.2, -0.15) is 0 Å². The van der Waals surface area contributed by atoms with Crippen molar-refractivity contribution in [3.05, 3.63) is 60.0 Å². The molecule has 1 N–H and O–H groups in total. The first-order chi connectivity index (χ1) is 15.5. The molecule has 0 aliphatic rings. The first kappa shape index (κ1) is 21.6. The standard InChI is InChI=1S/C25H30N6O/c1-6-10-22-26-17(3)23-25(27-18-13-15-19(16-14-18)30(4)5)28-24(29-31(22)23)20-11-8-9-12-21(20)32-7-2/h8-9,11-16H,6-7,10H2,1-5H3,(H,27,28,29). The van der Waals surface area contributed by atoms with Gasteiger partial charge in [-0.1, -0.05) is 19.1 Å². The third-order valence-electron chi connectivity index (χ3n) is 5.28. The average molecular weight is 431 g/mol. The molecule has 166 valence electrons. The van der Waals surface area contributed by atoms with Crippen molar-refractivity contribution < 1.29 is 4.74 Å². The van der Waals surface area contributed by atoms with Crippen LogP contribution in [0.5, 0.6) is 5.75 Å². The second-order valence-electron chi connectivity index (χ2n) is 7.90. The number of nitrogens with zero attached hydrogens (tertiary/aromatic N) is 5. The van der Waals surface area contributed by atoms with Crippen molar-refractivity contribution in [2.75, 3.05) is 30.9 Å². The molecule has 7 nitrogen and oxygen atoms in total. The average Bonchev–Trinajstić information content (AvgIpc) is 3.10. The Morgan fingerprint density at radius 2 is 1.75 bits per heavy atom. The largest absolute Gasteiger partial charge is 0.493 e. The van der Waals surface area contributed by atoms with E-state index in [1.54, 1.807) is 0 Å². The molecule has 0 spiro atoms. The lowest BCUT2D eigenvalue weighted by Gasteiger charge is -2.15. The van der Waals surface area contributed by atoms with Crippen LogP contribution in [-0.2, 0) is 6.42 Å². The predicted molar refractivity (Wildman–Crippen MR) is 130 cm³/mol. The van der Waals surface area contributed by atoms with Crippen LogP contribution >= 0.6 is 0 Å². The van der Waals surface area contributed by atoms with Gasteiger partial charge in [0.1, 0.15) is 17.1 Å². The SMILES string of the molecule is CCCc1nc(C)c2c(Nc3ccc(N(C)C)cc3)nc(-c3ccccc3OCC)nn12. The molecule has 4 aromatic rings. The fourth-order valence-electron chi connectivity index (χ4n) is 3.73.